The van der Waals surface area contributed by atoms with Gasteiger partial charge in [-0.3, -0.25) is 0 Å². The summed E-state index contributed by atoms with van der Waals surface area (Å²) in [5.41, 5.74) is 2.77. The van der Waals surface area contributed by atoms with Crippen LogP contribution in [0.5, 0.6) is 0 Å². The highest BCUT2D eigenvalue weighted by molar-refractivity contribution is 5.37. The molecule has 0 fully saturated rings. The molecule has 1 rings (SSSR count). The summed E-state index contributed by atoms with van der Waals surface area (Å²) in [5.74, 6) is -0.271. The zero-order chi connectivity index (χ0) is 15.7. The van der Waals surface area contributed by atoms with E-state index in [1.165, 1.54) is 0 Å². The van der Waals surface area contributed by atoms with E-state index in [-0.39, 0.29) is 17.5 Å². The first-order valence-corrected chi connectivity index (χ1v) is 6.02. The van der Waals surface area contributed by atoms with Crippen LogP contribution in [-0.2, 0) is 12.4 Å². The SMILES string of the molecule is CCC(C)[C@H](N)c1ccc(C(F)(F)F)cc1C(F)(F)F. The fraction of sp³-hybridized carbons (Fsp3) is 0.538. The lowest BCUT2D eigenvalue weighted by molar-refractivity contribution is -0.143. The Hall–Kier alpha value is -1.24. The van der Waals surface area contributed by atoms with Crippen molar-refractivity contribution in [3.05, 3.63) is 34.9 Å². The van der Waals surface area contributed by atoms with E-state index in [2.05, 4.69) is 0 Å². The van der Waals surface area contributed by atoms with Crippen LogP contribution < -0.4 is 5.73 Å². The first-order valence-electron chi connectivity index (χ1n) is 6.02. The molecule has 20 heavy (non-hydrogen) atoms. The Bertz CT molecular complexity index is 463. The number of alkyl halides is 6. The summed E-state index contributed by atoms with van der Waals surface area (Å²) in [6.45, 7) is 3.41. The molecule has 2 atom stereocenters. The molecule has 0 spiro atoms. The summed E-state index contributed by atoms with van der Waals surface area (Å²) in [5, 5.41) is 0. The van der Waals surface area contributed by atoms with Gasteiger partial charge in [0.05, 0.1) is 11.1 Å². The van der Waals surface area contributed by atoms with E-state index >= 15 is 0 Å². The maximum atomic E-state index is 12.9. The molecule has 0 bridgehead atoms. The molecule has 0 heterocycles. The first kappa shape index (κ1) is 16.8. The molecule has 1 aromatic rings. The van der Waals surface area contributed by atoms with Gasteiger partial charge < -0.3 is 5.73 Å². The van der Waals surface area contributed by atoms with Crippen LogP contribution in [0.4, 0.5) is 26.3 Å². The molecule has 0 saturated heterocycles. The molecule has 0 saturated carbocycles. The predicted octanol–water partition coefficient (Wildman–Crippen LogP) is 4.77. The van der Waals surface area contributed by atoms with Crippen molar-refractivity contribution in [1.29, 1.82) is 0 Å². The second-order valence-corrected chi connectivity index (χ2v) is 4.71. The summed E-state index contributed by atoms with van der Waals surface area (Å²) < 4.78 is 76.3. The van der Waals surface area contributed by atoms with Crippen LogP contribution in [-0.4, -0.2) is 0 Å². The average molecular weight is 299 g/mol. The van der Waals surface area contributed by atoms with Gasteiger partial charge in [0.25, 0.3) is 0 Å². The number of halogens is 6. The number of rotatable bonds is 3. The fourth-order valence-corrected chi connectivity index (χ4v) is 1.83. The van der Waals surface area contributed by atoms with E-state index in [9.17, 15) is 26.3 Å². The number of hydrogen-bond donors (Lipinski definition) is 1. The molecule has 0 aromatic heterocycles. The third-order valence-corrected chi connectivity index (χ3v) is 3.30. The third-order valence-electron chi connectivity index (χ3n) is 3.30. The van der Waals surface area contributed by atoms with Gasteiger partial charge in [0.2, 0.25) is 0 Å². The fourth-order valence-electron chi connectivity index (χ4n) is 1.83. The van der Waals surface area contributed by atoms with Crippen molar-refractivity contribution in [3.8, 4) is 0 Å². The zero-order valence-electron chi connectivity index (χ0n) is 10.9. The monoisotopic (exact) mass is 299 g/mol. The molecule has 1 aromatic carbocycles. The highest BCUT2D eigenvalue weighted by Crippen LogP contribution is 2.40. The van der Waals surface area contributed by atoms with Gasteiger partial charge in [-0.25, -0.2) is 0 Å². The number of benzene rings is 1. The Balaban J connectivity index is 3.39. The van der Waals surface area contributed by atoms with Crippen LogP contribution in [0.3, 0.4) is 0 Å². The Morgan fingerprint density at radius 3 is 2.00 bits per heavy atom. The van der Waals surface area contributed by atoms with Gasteiger partial charge in [0.1, 0.15) is 0 Å². The van der Waals surface area contributed by atoms with Crippen molar-refractivity contribution in [2.24, 2.45) is 11.7 Å². The second kappa shape index (κ2) is 5.63. The number of nitrogens with two attached hydrogens (primary N) is 1. The van der Waals surface area contributed by atoms with Crippen molar-refractivity contribution in [3.63, 3.8) is 0 Å². The Morgan fingerprint density at radius 2 is 1.60 bits per heavy atom. The second-order valence-electron chi connectivity index (χ2n) is 4.71. The topological polar surface area (TPSA) is 26.0 Å². The van der Waals surface area contributed by atoms with Crippen molar-refractivity contribution in [1.82, 2.24) is 0 Å². The minimum absolute atomic E-state index is 0.123. The van der Waals surface area contributed by atoms with Gasteiger partial charge in [0.15, 0.2) is 0 Å². The molecule has 0 radical (unpaired) electrons. The summed E-state index contributed by atoms with van der Waals surface area (Å²) in [7, 11) is 0. The minimum atomic E-state index is -4.87. The van der Waals surface area contributed by atoms with Crippen LogP contribution in [0.25, 0.3) is 0 Å². The summed E-state index contributed by atoms with van der Waals surface area (Å²) >= 11 is 0. The van der Waals surface area contributed by atoms with Gasteiger partial charge >= 0.3 is 12.4 Å². The molecule has 0 aliphatic heterocycles. The quantitative estimate of drug-likeness (QED) is 0.799. The normalized spacial score (nSPS) is 16.1. The van der Waals surface area contributed by atoms with Crippen molar-refractivity contribution in [2.75, 3.05) is 0 Å². The Morgan fingerprint density at radius 1 is 1.05 bits per heavy atom. The van der Waals surface area contributed by atoms with Crippen molar-refractivity contribution in [2.45, 2.75) is 38.7 Å². The van der Waals surface area contributed by atoms with E-state index in [0.717, 1.165) is 6.07 Å². The van der Waals surface area contributed by atoms with Crippen LogP contribution in [0.1, 0.15) is 43.0 Å². The molecule has 7 heteroatoms. The minimum Gasteiger partial charge on any atom is -0.324 e. The largest absolute Gasteiger partial charge is 0.416 e. The Labute approximate surface area is 112 Å². The maximum absolute atomic E-state index is 12.9. The lowest BCUT2D eigenvalue weighted by Gasteiger charge is -2.23. The predicted molar refractivity (Wildman–Crippen MR) is 62.8 cm³/mol. The average Bonchev–Trinajstić information content (AvgIpc) is 2.34. The van der Waals surface area contributed by atoms with E-state index in [0.29, 0.717) is 12.5 Å². The molecule has 0 aliphatic carbocycles. The van der Waals surface area contributed by atoms with E-state index in [4.69, 9.17) is 5.73 Å². The molecule has 0 amide bonds. The van der Waals surface area contributed by atoms with Gasteiger partial charge in [-0.2, -0.15) is 26.3 Å². The van der Waals surface area contributed by atoms with Crippen LogP contribution in [0.15, 0.2) is 18.2 Å². The van der Waals surface area contributed by atoms with Gasteiger partial charge in [0, 0.05) is 6.04 Å². The summed E-state index contributed by atoms with van der Waals surface area (Å²) in [6.07, 6.45) is -9.17. The van der Waals surface area contributed by atoms with Crippen molar-refractivity contribution >= 4 is 0 Å². The molecule has 114 valence electrons. The molecule has 1 unspecified atom stereocenters. The highest BCUT2D eigenvalue weighted by Gasteiger charge is 2.39. The van der Waals surface area contributed by atoms with E-state index in [1.54, 1.807) is 13.8 Å². The molecular weight excluding hydrogens is 284 g/mol. The molecule has 0 aliphatic rings. The highest BCUT2D eigenvalue weighted by atomic mass is 19.4. The maximum Gasteiger partial charge on any atom is 0.416 e. The third kappa shape index (κ3) is 3.65. The summed E-state index contributed by atoms with van der Waals surface area (Å²) in [6, 6.07) is 0.617. The zero-order valence-corrected chi connectivity index (χ0v) is 10.9. The smallest absolute Gasteiger partial charge is 0.324 e. The lowest BCUT2D eigenvalue weighted by Crippen LogP contribution is -2.23. The Kier molecular flexibility index (Phi) is 4.74. The van der Waals surface area contributed by atoms with E-state index in [1.807, 2.05) is 0 Å². The van der Waals surface area contributed by atoms with Gasteiger partial charge in [-0.1, -0.05) is 26.3 Å². The van der Waals surface area contributed by atoms with Gasteiger partial charge in [-0.15, -0.1) is 0 Å². The standard InChI is InChI=1S/C13H15F6N/c1-3-7(2)11(20)9-5-4-8(12(14,15)16)6-10(9)13(17,18)19/h4-7,11H,3,20H2,1-2H3/t7?,11-/m0/s1. The van der Waals surface area contributed by atoms with Crippen LogP contribution >= 0.6 is 0 Å². The molecule has 2 N–H and O–H groups in total. The molecular formula is C13H15F6N. The lowest BCUT2D eigenvalue weighted by atomic mass is 9.89. The van der Waals surface area contributed by atoms with Gasteiger partial charge in [-0.05, 0) is 23.6 Å². The molecule has 1 nitrogen and oxygen atoms in total. The van der Waals surface area contributed by atoms with Crippen LogP contribution in [0, 0.1) is 5.92 Å². The number of hydrogen-bond acceptors (Lipinski definition) is 1. The van der Waals surface area contributed by atoms with Crippen LogP contribution in [0.2, 0.25) is 0 Å². The van der Waals surface area contributed by atoms with Crippen molar-refractivity contribution < 1.29 is 26.3 Å². The summed E-state index contributed by atoms with van der Waals surface area (Å²) in [4.78, 5) is 0. The van der Waals surface area contributed by atoms with E-state index < -0.39 is 29.5 Å². The first-order chi connectivity index (χ1) is 8.98.